The number of rotatable bonds is 0. The summed E-state index contributed by atoms with van der Waals surface area (Å²) in [5.74, 6) is 0. The lowest BCUT2D eigenvalue weighted by Gasteiger charge is -2.25. The molecule has 0 heteroatoms. The van der Waals surface area contributed by atoms with Gasteiger partial charge in [0.25, 0.3) is 0 Å². The summed E-state index contributed by atoms with van der Waals surface area (Å²) in [5, 5.41) is 0. The van der Waals surface area contributed by atoms with Gasteiger partial charge in [0, 0.05) is 0 Å². The summed E-state index contributed by atoms with van der Waals surface area (Å²) in [7, 11) is 0. The first kappa shape index (κ1) is 6.85. The Balaban J connectivity index is 2.68. The normalized spacial score (nSPS) is 25.4. The molecule has 0 fully saturated rings. The predicted molar refractivity (Wildman–Crippen MR) is 41.1 cm³/mol. The van der Waals surface area contributed by atoms with E-state index in [0.29, 0.717) is 5.41 Å². The number of hydrogen-bond acceptors (Lipinski definition) is 0. The highest BCUT2D eigenvalue weighted by molar-refractivity contribution is 5.17. The molecule has 0 atom stereocenters. The van der Waals surface area contributed by atoms with Crippen molar-refractivity contribution in [2.45, 2.75) is 33.6 Å². The van der Waals surface area contributed by atoms with Gasteiger partial charge in [-0.15, -0.1) is 0 Å². The van der Waals surface area contributed by atoms with E-state index in [0.717, 1.165) is 0 Å². The Morgan fingerprint density at radius 1 is 1.44 bits per heavy atom. The van der Waals surface area contributed by atoms with Crippen molar-refractivity contribution in [1.29, 1.82) is 0 Å². The van der Waals surface area contributed by atoms with E-state index < -0.39 is 0 Å². The zero-order valence-corrected chi connectivity index (χ0v) is 6.57. The molecule has 0 spiro atoms. The zero-order valence-electron chi connectivity index (χ0n) is 6.57. The molecule has 0 saturated carbocycles. The van der Waals surface area contributed by atoms with Gasteiger partial charge in [0.05, 0.1) is 0 Å². The average molecular weight is 123 g/mol. The van der Waals surface area contributed by atoms with Crippen molar-refractivity contribution < 1.29 is 0 Å². The molecule has 1 aliphatic rings. The SMILES string of the molecule is CC1=CC(C)(C)CC[CH]1. The molecule has 0 amide bonds. The van der Waals surface area contributed by atoms with Crippen molar-refractivity contribution in [3.63, 3.8) is 0 Å². The third-order valence-corrected chi connectivity index (χ3v) is 1.87. The molecular formula is C9H15. The fourth-order valence-corrected chi connectivity index (χ4v) is 1.42. The van der Waals surface area contributed by atoms with Crippen LogP contribution >= 0.6 is 0 Å². The van der Waals surface area contributed by atoms with Crippen LogP contribution in [-0.4, -0.2) is 0 Å². The van der Waals surface area contributed by atoms with Crippen LogP contribution in [0.25, 0.3) is 0 Å². The van der Waals surface area contributed by atoms with Crippen LogP contribution in [0.2, 0.25) is 0 Å². The summed E-state index contributed by atoms with van der Waals surface area (Å²) < 4.78 is 0. The summed E-state index contributed by atoms with van der Waals surface area (Å²) in [6.07, 6.45) is 7.24. The van der Waals surface area contributed by atoms with Crippen LogP contribution in [0.1, 0.15) is 33.6 Å². The van der Waals surface area contributed by atoms with Gasteiger partial charge in [-0.3, -0.25) is 0 Å². The molecule has 0 saturated heterocycles. The monoisotopic (exact) mass is 123 g/mol. The third-order valence-electron chi connectivity index (χ3n) is 1.87. The van der Waals surface area contributed by atoms with Crippen LogP contribution in [0.4, 0.5) is 0 Å². The summed E-state index contributed by atoms with van der Waals surface area (Å²) in [6.45, 7) is 6.77. The molecule has 1 rings (SSSR count). The van der Waals surface area contributed by atoms with Crippen molar-refractivity contribution in [2.75, 3.05) is 0 Å². The molecule has 51 valence electrons. The van der Waals surface area contributed by atoms with E-state index in [9.17, 15) is 0 Å². The van der Waals surface area contributed by atoms with Gasteiger partial charge in [-0.1, -0.05) is 25.5 Å². The Morgan fingerprint density at radius 3 is 2.44 bits per heavy atom. The molecule has 0 bridgehead atoms. The van der Waals surface area contributed by atoms with E-state index >= 15 is 0 Å². The van der Waals surface area contributed by atoms with Crippen LogP contribution in [-0.2, 0) is 0 Å². The van der Waals surface area contributed by atoms with Crippen LogP contribution < -0.4 is 0 Å². The highest BCUT2D eigenvalue weighted by atomic mass is 14.2. The summed E-state index contributed by atoms with van der Waals surface area (Å²) >= 11 is 0. The minimum absolute atomic E-state index is 0.457. The molecule has 1 aliphatic carbocycles. The third kappa shape index (κ3) is 1.85. The Kier molecular flexibility index (Phi) is 1.65. The van der Waals surface area contributed by atoms with Crippen molar-refractivity contribution >= 4 is 0 Å². The second-order valence-electron chi connectivity index (χ2n) is 3.62. The number of hydrogen-bond donors (Lipinski definition) is 0. The maximum atomic E-state index is 2.36. The maximum Gasteiger partial charge on any atom is -0.0140 e. The first-order chi connectivity index (χ1) is 4.10. The standard InChI is InChI=1S/C9H15/c1-8-5-4-6-9(2,3)7-8/h5,7H,4,6H2,1-3H3. The van der Waals surface area contributed by atoms with E-state index in [4.69, 9.17) is 0 Å². The molecule has 0 nitrogen and oxygen atoms in total. The second kappa shape index (κ2) is 2.17. The minimum atomic E-state index is 0.457. The Bertz CT molecular complexity index is 129. The molecule has 9 heavy (non-hydrogen) atoms. The minimum Gasteiger partial charge on any atom is -0.0796 e. The van der Waals surface area contributed by atoms with Crippen LogP contribution in [0.15, 0.2) is 11.6 Å². The molecule has 1 radical (unpaired) electrons. The zero-order chi connectivity index (χ0) is 6.91. The van der Waals surface area contributed by atoms with E-state index in [1.165, 1.54) is 18.4 Å². The Hall–Kier alpha value is -0.260. The molecule has 0 heterocycles. The summed E-state index contributed by atoms with van der Waals surface area (Å²) in [6, 6.07) is 0. The molecule has 0 N–H and O–H groups in total. The van der Waals surface area contributed by atoms with Crippen LogP contribution in [0.3, 0.4) is 0 Å². The Labute approximate surface area is 58.0 Å². The van der Waals surface area contributed by atoms with Gasteiger partial charge in [-0.05, 0) is 31.6 Å². The Morgan fingerprint density at radius 2 is 2.11 bits per heavy atom. The molecule has 0 aromatic rings. The van der Waals surface area contributed by atoms with Gasteiger partial charge in [0.2, 0.25) is 0 Å². The van der Waals surface area contributed by atoms with Gasteiger partial charge in [-0.2, -0.15) is 0 Å². The topological polar surface area (TPSA) is 0 Å². The predicted octanol–water partition coefficient (Wildman–Crippen LogP) is 2.96. The van der Waals surface area contributed by atoms with E-state index in [1.54, 1.807) is 0 Å². The quantitative estimate of drug-likeness (QED) is 0.464. The fraction of sp³-hybridized carbons (Fsp3) is 0.667. The fourth-order valence-electron chi connectivity index (χ4n) is 1.42. The van der Waals surface area contributed by atoms with E-state index in [-0.39, 0.29) is 0 Å². The number of allylic oxidation sites excluding steroid dienone is 2. The first-order valence-corrected chi connectivity index (χ1v) is 3.63. The van der Waals surface area contributed by atoms with Gasteiger partial charge < -0.3 is 0 Å². The van der Waals surface area contributed by atoms with E-state index in [1.807, 2.05) is 0 Å². The molecule has 0 aromatic carbocycles. The van der Waals surface area contributed by atoms with Gasteiger partial charge in [0.15, 0.2) is 0 Å². The summed E-state index contributed by atoms with van der Waals surface area (Å²) in [5.41, 5.74) is 1.91. The molecule has 0 aromatic heterocycles. The molecular weight excluding hydrogens is 108 g/mol. The van der Waals surface area contributed by atoms with Crippen molar-refractivity contribution in [1.82, 2.24) is 0 Å². The largest absolute Gasteiger partial charge is 0.0796 e. The van der Waals surface area contributed by atoms with Gasteiger partial charge in [-0.25, -0.2) is 0 Å². The van der Waals surface area contributed by atoms with E-state index in [2.05, 4.69) is 33.3 Å². The van der Waals surface area contributed by atoms with Crippen molar-refractivity contribution in [3.05, 3.63) is 18.1 Å². The lowest BCUT2D eigenvalue weighted by Crippen LogP contribution is -2.12. The summed E-state index contributed by atoms with van der Waals surface area (Å²) in [4.78, 5) is 0. The molecule has 0 unspecified atom stereocenters. The van der Waals surface area contributed by atoms with Crippen molar-refractivity contribution in [3.8, 4) is 0 Å². The highest BCUT2D eigenvalue weighted by Crippen LogP contribution is 2.31. The van der Waals surface area contributed by atoms with Crippen LogP contribution in [0.5, 0.6) is 0 Å². The van der Waals surface area contributed by atoms with Crippen molar-refractivity contribution in [2.24, 2.45) is 5.41 Å². The van der Waals surface area contributed by atoms with Gasteiger partial charge >= 0.3 is 0 Å². The first-order valence-electron chi connectivity index (χ1n) is 3.63. The smallest absolute Gasteiger partial charge is 0.0140 e. The highest BCUT2D eigenvalue weighted by Gasteiger charge is 2.17. The maximum absolute atomic E-state index is 2.36. The van der Waals surface area contributed by atoms with Gasteiger partial charge in [0.1, 0.15) is 0 Å². The second-order valence-corrected chi connectivity index (χ2v) is 3.62. The lowest BCUT2D eigenvalue weighted by molar-refractivity contribution is 0.421. The average Bonchev–Trinajstić information content (AvgIpc) is 1.60. The molecule has 0 aliphatic heterocycles. The van der Waals surface area contributed by atoms with Crippen LogP contribution in [0, 0.1) is 11.8 Å². The lowest BCUT2D eigenvalue weighted by atomic mass is 9.80.